The lowest BCUT2D eigenvalue weighted by atomic mass is 10.0. The van der Waals surface area contributed by atoms with Gasteiger partial charge >= 0.3 is 0 Å². The van der Waals surface area contributed by atoms with Gasteiger partial charge in [-0.15, -0.1) is 0 Å². The predicted octanol–water partition coefficient (Wildman–Crippen LogP) is 4.79. The standard InChI is InChI=1S/C24H23N3O2/c1-28-14-15-29-13-7-12-27-23-11-6-5-10-21(23)22(16-19(17-25)18-26)24(27)20-8-3-2-4-9-20/h2-6,8-11,16H,7,12-15H2,1H3. The highest BCUT2D eigenvalue weighted by Crippen LogP contribution is 2.35. The van der Waals surface area contributed by atoms with Crippen LogP contribution in [0.4, 0.5) is 0 Å². The van der Waals surface area contributed by atoms with Crippen LogP contribution in [0.25, 0.3) is 28.2 Å². The molecule has 0 aliphatic rings. The van der Waals surface area contributed by atoms with Gasteiger partial charge in [0.2, 0.25) is 0 Å². The highest BCUT2D eigenvalue weighted by atomic mass is 16.5. The number of ether oxygens (including phenoxy) is 2. The van der Waals surface area contributed by atoms with Gasteiger partial charge in [-0.1, -0.05) is 48.5 Å². The van der Waals surface area contributed by atoms with Crippen LogP contribution in [0.1, 0.15) is 12.0 Å². The third-order valence-electron chi connectivity index (χ3n) is 4.69. The Morgan fingerprint density at radius 2 is 1.69 bits per heavy atom. The Labute approximate surface area is 171 Å². The first-order valence-corrected chi connectivity index (χ1v) is 9.55. The van der Waals surface area contributed by atoms with Gasteiger partial charge in [0.15, 0.2) is 0 Å². The molecule has 0 N–H and O–H groups in total. The third-order valence-corrected chi connectivity index (χ3v) is 4.69. The fourth-order valence-corrected chi connectivity index (χ4v) is 3.42. The maximum Gasteiger partial charge on any atom is 0.130 e. The Balaban J connectivity index is 2.08. The molecule has 0 spiro atoms. The van der Waals surface area contributed by atoms with Crippen molar-refractivity contribution in [1.82, 2.24) is 4.57 Å². The summed E-state index contributed by atoms with van der Waals surface area (Å²) in [7, 11) is 1.66. The number of methoxy groups -OCH3 is 1. The van der Waals surface area contributed by atoms with Crippen molar-refractivity contribution in [1.29, 1.82) is 10.5 Å². The minimum absolute atomic E-state index is 0.0907. The molecule has 0 saturated carbocycles. The Hall–Kier alpha value is -3.38. The number of hydrogen-bond acceptors (Lipinski definition) is 4. The number of nitriles is 2. The number of rotatable bonds is 9. The van der Waals surface area contributed by atoms with E-state index >= 15 is 0 Å². The van der Waals surface area contributed by atoms with Crippen molar-refractivity contribution in [2.24, 2.45) is 0 Å². The highest BCUT2D eigenvalue weighted by molar-refractivity contribution is 5.98. The molecule has 1 aromatic heterocycles. The number of fused-ring (bicyclic) bond motifs is 1. The van der Waals surface area contributed by atoms with E-state index in [9.17, 15) is 10.5 Å². The molecular weight excluding hydrogens is 362 g/mol. The summed E-state index contributed by atoms with van der Waals surface area (Å²) in [6, 6.07) is 22.1. The van der Waals surface area contributed by atoms with Crippen molar-refractivity contribution in [3.63, 3.8) is 0 Å². The van der Waals surface area contributed by atoms with Crippen LogP contribution in [0, 0.1) is 22.7 Å². The molecule has 0 saturated heterocycles. The quantitative estimate of drug-likeness (QED) is 0.392. The van der Waals surface area contributed by atoms with E-state index in [2.05, 4.69) is 22.8 Å². The van der Waals surface area contributed by atoms with Crippen molar-refractivity contribution < 1.29 is 9.47 Å². The van der Waals surface area contributed by atoms with Gasteiger partial charge in [-0.3, -0.25) is 0 Å². The lowest BCUT2D eigenvalue weighted by molar-refractivity contribution is 0.0682. The van der Waals surface area contributed by atoms with Crippen molar-refractivity contribution >= 4 is 17.0 Å². The van der Waals surface area contributed by atoms with Gasteiger partial charge in [-0.25, -0.2) is 0 Å². The monoisotopic (exact) mass is 385 g/mol. The summed E-state index contributed by atoms with van der Waals surface area (Å²) in [4.78, 5) is 0. The topological polar surface area (TPSA) is 71.0 Å². The molecular formula is C24H23N3O2. The summed E-state index contributed by atoms with van der Waals surface area (Å²) in [5, 5.41) is 19.6. The smallest absolute Gasteiger partial charge is 0.130 e. The van der Waals surface area contributed by atoms with Crippen LogP contribution in [-0.2, 0) is 16.0 Å². The first kappa shape index (κ1) is 20.4. The SMILES string of the molecule is COCCOCCCn1c(-c2ccccc2)c(C=C(C#N)C#N)c2ccccc21. The summed E-state index contributed by atoms with van der Waals surface area (Å²) >= 11 is 0. The number of nitrogens with zero attached hydrogens (tertiary/aromatic N) is 3. The average Bonchev–Trinajstić information content (AvgIpc) is 3.08. The number of para-hydroxylation sites is 1. The molecule has 0 unspecified atom stereocenters. The second-order valence-electron chi connectivity index (χ2n) is 6.54. The van der Waals surface area contributed by atoms with E-state index in [1.54, 1.807) is 13.2 Å². The van der Waals surface area contributed by atoms with Crippen LogP contribution in [0.2, 0.25) is 0 Å². The van der Waals surface area contributed by atoms with Crippen LogP contribution in [0.3, 0.4) is 0 Å². The lowest BCUT2D eigenvalue weighted by Gasteiger charge is -2.12. The zero-order chi connectivity index (χ0) is 20.5. The van der Waals surface area contributed by atoms with Crippen LogP contribution in [0.15, 0.2) is 60.2 Å². The summed E-state index contributed by atoms with van der Waals surface area (Å²) in [5.41, 5.74) is 4.11. The summed E-state index contributed by atoms with van der Waals surface area (Å²) in [6.07, 6.45) is 2.53. The molecule has 0 radical (unpaired) electrons. The largest absolute Gasteiger partial charge is 0.382 e. The molecule has 146 valence electrons. The molecule has 0 atom stereocenters. The van der Waals surface area contributed by atoms with E-state index in [0.29, 0.717) is 19.8 Å². The Morgan fingerprint density at radius 3 is 2.41 bits per heavy atom. The minimum Gasteiger partial charge on any atom is -0.382 e. The normalized spacial score (nSPS) is 10.4. The number of aromatic nitrogens is 1. The first-order chi connectivity index (χ1) is 14.3. The maximum atomic E-state index is 9.30. The fraction of sp³-hybridized carbons (Fsp3) is 0.250. The van der Waals surface area contributed by atoms with E-state index in [0.717, 1.165) is 40.7 Å². The zero-order valence-electron chi connectivity index (χ0n) is 16.5. The Bertz CT molecular complexity index is 1050. The molecule has 2 aromatic carbocycles. The number of aryl methyl sites for hydroxylation is 1. The van der Waals surface area contributed by atoms with Crippen LogP contribution >= 0.6 is 0 Å². The van der Waals surface area contributed by atoms with E-state index in [1.165, 1.54) is 0 Å². The van der Waals surface area contributed by atoms with Crippen molar-refractivity contribution in [2.45, 2.75) is 13.0 Å². The van der Waals surface area contributed by atoms with Gasteiger partial charge in [0.1, 0.15) is 17.7 Å². The lowest BCUT2D eigenvalue weighted by Crippen LogP contribution is -2.07. The number of allylic oxidation sites excluding steroid dienone is 1. The second-order valence-corrected chi connectivity index (χ2v) is 6.54. The number of hydrogen-bond donors (Lipinski definition) is 0. The van der Waals surface area contributed by atoms with E-state index in [4.69, 9.17) is 9.47 Å². The fourth-order valence-electron chi connectivity index (χ4n) is 3.42. The molecule has 3 aromatic rings. The van der Waals surface area contributed by atoms with Gasteiger partial charge in [0, 0.05) is 36.7 Å². The summed E-state index contributed by atoms with van der Waals surface area (Å²) in [5.74, 6) is 0. The van der Waals surface area contributed by atoms with Gasteiger partial charge < -0.3 is 14.0 Å². The molecule has 5 heteroatoms. The molecule has 0 bridgehead atoms. The van der Waals surface area contributed by atoms with E-state index in [-0.39, 0.29) is 5.57 Å². The van der Waals surface area contributed by atoms with Crippen molar-refractivity contribution in [2.75, 3.05) is 26.9 Å². The summed E-state index contributed by atoms with van der Waals surface area (Å²) in [6.45, 7) is 2.56. The van der Waals surface area contributed by atoms with Crippen LogP contribution in [0.5, 0.6) is 0 Å². The van der Waals surface area contributed by atoms with Crippen LogP contribution in [-0.4, -0.2) is 31.5 Å². The Kier molecular flexibility index (Phi) is 7.19. The minimum atomic E-state index is 0.0907. The molecule has 0 aliphatic heterocycles. The molecule has 0 amide bonds. The van der Waals surface area contributed by atoms with Gasteiger partial charge in [-0.05, 0) is 24.1 Å². The average molecular weight is 385 g/mol. The number of benzene rings is 2. The molecule has 0 aliphatic carbocycles. The highest BCUT2D eigenvalue weighted by Gasteiger charge is 2.17. The second kappa shape index (κ2) is 10.2. The van der Waals surface area contributed by atoms with Gasteiger partial charge in [0.25, 0.3) is 0 Å². The van der Waals surface area contributed by atoms with Crippen LogP contribution < -0.4 is 0 Å². The zero-order valence-corrected chi connectivity index (χ0v) is 16.5. The van der Waals surface area contributed by atoms with Gasteiger partial charge in [0.05, 0.1) is 18.9 Å². The Morgan fingerprint density at radius 1 is 0.966 bits per heavy atom. The first-order valence-electron chi connectivity index (χ1n) is 9.55. The molecule has 29 heavy (non-hydrogen) atoms. The third kappa shape index (κ3) is 4.73. The van der Waals surface area contributed by atoms with Crippen molar-refractivity contribution in [3.05, 3.63) is 65.7 Å². The maximum absolute atomic E-state index is 9.30. The molecule has 5 nitrogen and oxygen atoms in total. The predicted molar refractivity (Wildman–Crippen MR) is 114 cm³/mol. The van der Waals surface area contributed by atoms with Gasteiger partial charge in [-0.2, -0.15) is 10.5 Å². The van der Waals surface area contributed by atoms with E-state index in [1.807, 2.05) is 48.5 Å². The van der Waals surface area contributed by atoms with Crippen molar-refractivity contribution in [3.8, 4) is 23.4 Å². The molecule has 0 fully saturated rings. The van der Waals surface area contributed by atoms with E-state index < -0.39 is 0 Å². The molecule has 3 rings (SSSR count). The summed E-state index contributed by atoms with van der Waals surface area (Å²) < 4.78 is 12.9. The molecule has 1 heterocycles.